The summed E-state index contributed by atoms with van der Waals surface area (Å²) in [5, 5.41) is 7.51. The van der Waals surface area contributed by atoms with Crippen LogP contribution in [0.3, 0.4) is 0 Å². The van der Waals surface area contributed by atoms with Gasteiger partial charge >= 0.3 is 0 Å². The second-order valence-corrected chi connectivity index (χ2v) is 5.99. The van der Waals surface area contributed by atoms with Crippen molar-refractivity contribution < 1.29 is 19.0 Å². The summed E-state index contributed by atoms with van der Waals surface area (Å²) in [5.41, 5.74) is 2.64. The number of carbonyl (C=O) groups is 1. The number of amides is 1. The van der Waals surface area contributed by atoms with Gasteiger partial charge in [0.25, 0.3) is 5.91 Å². The summed E-state index contributed by atoms with van der Waals surface area (Å²) in [6.07, 6.45) is 1.73. The van der Waals surface area contributed by atoms with Crippen LogP contribution in [-0.2, 0) is 4.74 Å². The lowest BCUT2D eigenvalue weighted by Gasteiger charge is -2.09. The number of rotatable bonds is 8. The van der Waals surface area contributed by atoms with Gasteiger partial charge in [-0.3, -0.25) is 4.79 Å². The van der Waals surface area contributed by atoms with E-state index in [1.54, 1.807) is 38.3 Å². The van der Waals surface area contributed by atoms with Gasteiger partial charge in [-0.15, -0.1) is 0 Å². The van der Waals surface area contributed by atoms with E-state index in [4.69, 9.17) is 14.2 Å². The molecule has 7 heteroatoms. The Balaban J connectivity index is 2.05. The van der Waals surface area contributed by atoms with E-state index in [0.29, 0.717) is 35.9 Å². The van der Waals surface area contributed by atoms with Crippen LogP contribution in [0.25, 0.3) is 16.9 Å². The molecular weight excluding hydrogens is 358 g/mol. The van der Waals surface area contributed by atoms with Gasteiger partial charge in [0.2, 0.25) is 0 Å². The van der Waals surface area contributed by atoms with E-state index in [1.165, 1.54) is 0 Å². The lowest BCUT2D eigenvalue weighted by molar-refractivity contribution is 0.0937. The van der Waals surface area contributed by atoms with E-state index in [9.17, 15) is 4.79 Å². The van der Waals surface area contributed by atoms with Crippen LogP contribution in [0, 0.1) is 0 Å². The maximum Gasteiger partial charge on any atom is 0.255 e. The highest BCUT2D eigenvalue weighted by Gasteiger charge is 2.19. The zero-order valence-corrected chi connectivity index (χ0v) is 16.1. The monoisotopic (exact) mass is 381 g/mol. The Hall–Kier alpha value is -3.32. The fraction of sp³-hybridized carbons (Fsp3) is 0.238. The van der Waals surface area contributed by atoms with Gasteiger partial charge in [0.15, 0.2) is 11.5 Å². The Kier molecular flexibility index (Phi) is 6.29. The van der Waals surface area contributed by atoms with Gasteiger partial charge in [0.05, 0.1) is 32.1 Å². The third kappa shape index (κ3) is 4.15. The smallest absolute Gasteiger partial charge is 0.255 e. The van der Waals surface area contributed by atoms with Crippen molar-refractivity contribution in [3.05, 3.63) is 60.3 Å². The Morgan fingerprint density at radius 3 is 2.46 bits per heavy atom. The predicted octanol–water partition coefficient (Wildman–Crippen LogP) is 2.93. The van der Waals surface area contributed by atoms with Crippen LogP contribution in [0.15, 0.2) is 54.7 Å². The molecule has 0 saturated carbocycles. The summed E-state index contributed by atoms with van der Waals surface area (Å²) in [7, 11) is 4.74. The highest BCUT2D eigenvalue weighted by Crippen LogP contribution is 2.33. The van der Waals surface area contributed by atoms with Crippen molar-refractivity contribution in [3.8, 4) is 28.4 Å². The molecule has 0 fully saturated rings. The number of methoxy groups -OCH3 is 3. The molecular formula is C21H23N3O4. The Labute approximate surface area is 163 Å². The predicted molar refractivity (Wildman–Crippen MR) is 106 cm³/mol. The second kappa shape index (κ2) is 9.05. The van der Waals surface area contributed by atoms with Gasteiger partial charge in [0, 0.05) is 25.4 Å². The first-order chi connectivity index (χ1) is 13.7. The van der Waals surface area contributed by atoms with Gasteiger partial charge in [-0.2, -0.15) is 5.10 Å². The van der Waals surface area contributed by atoms with Gasteiger partial charge in [0.1, 0.15) is 5.69 Å². The molecule has 0 saturated heterocycles. The molecule has 0 radical (unpaired) electrons. The molecule has 2 aromatic carbocycles. The van der Waals surface area contributed by atoms with Crippen molar-refractivity contribution in [2.75, 3.05) is 34.5 Å². The number of nitrogens with zero attached hydrogens (tertiary/aromatic N) is 2. The van der Waals surface area contributed by atoms with E-state index in [0.717, 1.165) is 11.3 Å². The van der Waals surface area contributed by atoms with Crippen LogP contribution in [0.4, 0.5) is 0 Å². The number of ether oxygens (including phenoxy) is 3. The minimum absolute atomic E-state index is 0.219. The van der Waals surface area contributed by atoms with Crippen LogP contribution >= 0.6 is 0 Å². The van der Waals surface area contributed by atoms with Crippen molar-refractivity contribution >= 4 is 5.91 Å². The average molecular weight is 381 g/mol. The van der Waals surface area contributed by atoms with Crippen molar-refractivity contribution in [3.63, 3.8) is 0 Å². The average Bonchev–Trinajstić information content (AvgIpc) is 3.19. The first-order valence-corrected chi connectivity index (χ1v) is 8.82. The molecule has 0 bridgehead atoms. The van der Waals surface area contributed by atoms with E-state index < -0.39 is 0 Å². The zero-order chi connectivity index (χ0) is 19.9. The fourth-order valence-corrected chi connectivity index (χ4v) is 2.81. The molecule has 7 nitrogen and oxygen atoms in total. The third-order valence-electron chi connectivity index (χ3n) is 4.23. The number of carbonyl (C=O) groups excluding carboxylic acids is 1. The van der Waals surface area contributed by atoms with E-state index in [2.05, 4.69) is 10.4 Å². The van der Waals surface area contributed by atoms with Gasteiger partial charge in [-0.25, -0.2) is 4.68 Å². The molecule has 1 heterocycles. The van der Waals surface area contributed by atoms with Crippen molar-refractivity contribution in [1.29, 1.82) is 0 Å². The standard InChI is InChI=1S/C21H23N3O4/c1-26-12-11-22-21(25)17-14-24(16-7-5-4-6-8-16)23-20(17)15-9-10-18(27-2)19(13-15)28-3/h4-10,13-14H,11-12H2,1-3H3,(H,22,25). The van der Waals surface area contributed by atoms with Crippen LogP contribution in [0.5, 0.6) is 11.5 Å². The molecule has 0 atom stereocenters. The molecule has 146 valence electrons. The summed E-state index contributed by atoms with van der Waals surface area (Å²) in [5.74, 6) is 0.962. The highest BCUT2D eigenvalue weighted by molar-refractivity contribution is 6.00. The van der Waals surface area contributed by atoms with Crippen LogP contribution < -0.4 is 14.8 Å². The van der Waals surface area contributed by atoms with Crippen LogP contribution in [-0.4, -0.2) is 50.2 Å². The van der Waals surface area contributed by atoms with E-state index in [1.807, 2.05) is 42.5 Å². The fourth-order valence-electron chi connectivity index (χ4n) is 2.81. The van der Waals surface area contributed by atoms with Gasteiger partial charge in [-0.05, 0) is 30.3 Å². The first kappa shape index (κ1) is 19.4. The summed E-state index contributed by atoms with van der Waals surface area (Å²) in [6, 6.07) is 15.1. The number of para-hydroxylation sites is 1. The Morgan fingerprint density at radius 1 is 1.04 bits per heavy atom. The topological polar surface area (TPSA) is 74.6 Å². The van der Waals surface area contributed by atoms with Crippen molar-refractivity contribution in [2.24, 2.45) is 0 Å². The molecule has 1 amide bonds. The number of nitrogens with one attached hydrogen (secondary N) is 1. The summed E-state index contributed by atoms with van der Waals surface area (Å²) < 4.78 is 17.4. The van der Waals surface area contributed by atoms with Crippen molar-refractivity contribution in [2.45, 2.75) is 0 Å². The molecule has 3 aromatic rings. The number of hydrogen-bond acceptors (Lipinski definition) is 5. The van der Waals surface area contributed by atoms with Gasteiger partial charge < -0.3 is 19.5 Å². The maximum absolute atomic E-state index is 12.8. The number of hydrogen-bond donors (Lipinski definition) is 1. The number of benzene rings is 2. The minimum atomic E-state index is -0.219. The lowest BCUT2D eigenvalue weighted by Crippen LogP contribution is -2.27. The molecule has 0 aliphatic rings. The van der Waals surface area contributed by atoms with Crippen molar-refractivity contribution in [1.82, 2.24) is 15.1 Å². The summed E-state index contributed by atoms with van der Waals surface area (Å²) in [6.45, 7) is 0.849. The normalized spacial score (nSPS) is 10.5. The van der Waals surface area contributed by atoms with Crippen LogP contribution in [0.2, 0.25) is 0 Å². The quantitative estimate of drug-likeness (QED) is 0.607. The molecule has 28 heavy (non-hydrogen) atoms. The maximum atomic E-state index is 12.8. The second-order valence-electron chi connectivity index (χ2n) is 5.99. The summed E-state index contributed by atoms with van der Waals surface area (Å²) >= 11 is 0. The first-order valence-electron chi connectivity index (χ1n) is 8.82. The van der Waals surface area contributed by atoms with Crippen LogP contribution in [0.1, 0.15) is 10.4 Å². The largest absolute Gasteiger partial charge is 0.493 e. The molecule has 3 rings (SSSR count). The zero-order valence-electron chi connectivity index (χ0n) is 16.1. The SMILES string of the molecule is COCCNC(=O)c1cn(-c2ccccc2)nc1-c1ccc(OC)c(OC)c1. The van der Waals surface area contributed by atoms with E-state index in [-0.39, 0.29) is 5.91 Å². The molecule has 0 aliphatic heterocycles. The highest BCUT2D eigenvalue weighted by atomic mass is 16.5. The Bertz CT molecular complexity index is 938. The third-order valence-corrected chi connectivity index (χ3v) is 4.23. The van der Waals surface area contributed by atoms with Gasteiger partial charge in [-0.1, -0.05) is 18.2 Å². The summed E-state index contributed by atoms with van der Waals surface area (Å²) in [4.78, 5) is 12.8. The number of aromatic nitrogens is 2. The molecule has 0 spiro atoms. The lowest BCUT2D eigenvalue weighted by atomic mass is 10.1. The van der Waals surface area contributed by atoms with E-state index >= 15 is 0 Å². The minimum Gasteiger partial charge on any atom is -0.493 e. The molecule has 1 aromatic heterocycles. The molecule has 0 aliphatic carbocycles. The Morgan fingerprint density at radius 2 is 1.79 bits per heavy atom. The molecule has 1 N–H and O–H groups in total. The molecule has 0 unspecified atom stereocenters.